The molecule has 3 aliphatic heterocycles. The molecule has 0 aromatic rings. The normalized spacial score (nSPS) is 44.2. The summed E-state index contributed by atoms with van der Waals surface area (Å²) >= 11 is 0. The Balaban J connectivity index is 2.08. The molecule has 0 radical (unpaired) electrons. The van der Waals surface area contributed by atoms with Crippen molar-refractivity contribution in [3.8, 4) is 0 Å². The molecular weight excluding hydrogens is 208 g/mol. The standard InChI is InChI=1S/C12H18O4/c1-10(2)8-4-5-11(3,16-10)12(9(8)13)14-6-7-15-12/h8H,4-7H2,1-3H3. The first-order valence-electron chi connectivity index (χ1n) is 5.94. The van der Waals surface area contributed by atoms with Crippen molar-refractivity contribution in [1.82, 2.24) is 0 Å². The molecule has 4 heteroatoms. The van der Waals surface area contributed by atoms with E-state index >= 15 is 0 Å². The zero-order chi connectivity index (χ0) is 11.6. The molecule has 4 fully saturated rings. The van der Waals surface area contributed by atoms with Gasteiger partial charge < -0.3 is 14.2 Å². The minimum absolute atomic E-state index is 0.0787. The highest BCUT2D eigenvalue weighted by Crippen LogP contribution is 2.55. The van der Waals surface area contributed by atoms with E-state index in [4.69, 9.17) is 14.2 Å². The highest BCUT2D eigenvalue weighted by molar-refractivity contribution is 5.92. The quantitative estimate of drug-likeness (QED) is 0.624. The number of hydrogen-bond acceptors (Lipinski definition) is 4. The fourth-order valence-corrected chi connectivity index (χ4v) is 3.50. The third-order valence-electron chi connectivity index (χ3n) is 4.27. The summed E-state index contributed by atoms with van der Waals surface area (Å²) in [6.45, 7) is 6.87. The van der Waals surface area contributed by atoms with Crippen molar-refractivity contribution in [1.29, 1.82) is 0 Å². The number of ketones is 1. The van der Waals surface area contributed by atoms with Crippen LogP contribution in [0.25, 0.3) is 0 Å². The van der Waals surface area contributed by atoms with Crippen LogP contribution in [0.3, 0.4) is 0 Å². The van der Waals surface area contributed by atoms with Crippen LogP contribution < -0.4 is 0 Å². The summed E-state index contributed by atoms with van der Waals surface area (Å²) in [7, 11) is 0. The third kappa shape index (κ3) is 1.03. The van der Waals surface area contributed by atoms with Crippen LogP contribution >= 0.6 is 0 Å². The predicted molar refractivity (Wildman–Crippen MR) is 55.9 cm³/mol. The summed E-state index contributed by atoms with van der Waals surface area (Å²) in [5, 5.41) is 0. The van der Waals surface area contributed by atoms with Crippen LogP contribution in [0, 0.1) is 5.92 Å². The number of ether oxygens (including phenoxy) is 3. The predicted octanol–water partition coefficient (Wildman–Crippen LogP) is 1.28. The Morgan fingerprint density at radius 2 is 1.81 bits per heavy atom. The number of hydrogen-bond donors (Lipinski definition) is 0. The molecule has 4 nitrogen and oxygen atoms in total. The molecule has 0 aromatic heterocycles. The van der Waals surface area contributed by atoms with Gasteiger partial charge in [-0.15, -0.1) is 0 Å². The van der Waals surface area contributed by atoms with Gasteiger partial charge in [-0.2, -0.15) is 0 Å². The first-order chi connectivity index (χ1) is 7.41. The molecule has 4 aliphatic rings. The first kappa shape index (κ1) is 10.7. The average molecular weight is 226 g/mol. The lowest BCUT2D eigenvalue weighted by atomic mass is 9.64. The minimum Gasteiger partial charge on any atom is -0.363 e. The van der Waals surface area contributed by atoms with Crippen molar-refractivity contribution in [3.63, 3.8) is 0 Å². The molecular formula is C12H18O4. The lowest BCUT2D eigenvalue weighted by Crippen LogP contribution is -2.74. The molecule has 0 aromatic carbocycles. The summed E-state index contributed by atoms with van der Waals surface area (Å²) < 4.78 is 17.4. The summed E-state index contributed by atoms with van der Waals surface area (Å²) in [4.78, 5) is 12.5. The Kier molecular flexibility index (Phi) is 1.91. The van der Waals surface area contributed by atoms with E-state index in [0.29, 0.717) is 13.2 Å². The second kappa shape index (κ2) is 2.86. The van der Waals surface area contributed by atoms with E-state index in [1.165, 1.54) is 0 Å². The first-order valence-corrected chi connectivity index (χ1v) is 5.94. The monoisotopic (exact) mass is 226 g/mol. The zero-order valence-electron chi connectivity index (χ0n) is 10.0. The van der Waals surface area contributed by atoms with Crippen molar-refractivity contribution >= 4 is 5.78 Å². The molecule has 1 spiro atoms. The molecule has 16 heavy (non-hydrogen) atoms. The number of Topliss-reactive ketones (excluding diaryl/α,β-unsaturated/α-hetero) is 1. The van der Waals surface area contributed by atoms with Crippen molar-refractivity contribution < 1.29 is 19.0 Å². The number of carbonyl (C=O) groups is 1. The number of fused-ring (bicyclic) bond motifs is 2. The maximum atomic E-state index is 12.5. The lowest BCUT2D eigenvalue weighted by molar-refractivity contribution is -0.339. The fraction of sp³-hybridized carbons (Fsp3) is 0.917. The van der Waals surface area contributed by atoms with Crippen LogP contribution in [-0.4, -0.2) is 36.0 Å². The summed E-state index contributed by atoms with van der Waals surface area (Å²) in [6, 6.07) is 0. The summed E-state index contributed by atoms with van der Waals surface area (Å²) in [5.74, 6) is -1.15. The van der Waals surface area contributed by atoms with Crippen LogP contribution in [0.15, 0.2) is 0 Å². The van der Waals surface area contributed by atoms with Gasteiger partial charge in [-0.05, 0) is 33.6 Å². The Labute approximate surface area is 95.2 Å². The molecule has 2 unspecified atom stereocenters. The van der Waals surface area contributed by atoms with Crippen molar-refractivity contribution in [2.24, 2.45) is 5.92 Å². The van der Waals surface area contributed by atoms with Gasteiger partial charge in [0.25, 0.3) is 5.79 Å². The van der Waals surface area contributed by atoms with Crippen molar-refractivity contribution in [2.45, 2.75) is 50.6 Å². The van der Waals surface area contributed by atoms with Gasteiger partial charge in [0.05, 0.1) is 24.7 Å². The highest BCUT2D eigenvalue weighted by atomic mass is 16.8. The molecule has 0 N–H and O–H groups in total. The van der Waals surface area contributed by atoms with E-state index in [9.17, 15) is 4.79 Å². The Bertz CT molecular complexity index is 343. The lowest BCUT2D eigenvalue weighted by Gasteiger charge is -2.59. The van der Waals surface area contributed by atoms with E-state index < -0.39 is 17.0 Å². The topological polar surface area (TPSA) is 44.8 Å². The molecule has 2 bridgehead atoms. The summed E-state index contributed by atoms with van der Waals surface area (Å²) in [5.41, 5.74) is -1.02. The third-order valence-corrected chi connectivity index (χ3v) is 4.27. The second-order valence-electron chi connectivity index (χ2n) is 5.71. The molecule has 0 amide bonds. The maximum absolute atomic E-state index is 12.5. The zero-order valence-corrected chi connectivity index (χ0v) is 10.0. The average Bonchev–Trinajstić information content (AvgIpc) is 2.62. The van der Waals surface area contributed by atoms with Gasteiger partial charge in [0.2, 0.25) is 5.78 Å². The van der Waals surface area contributed by atoms with Gasteiger partial charge in [-0.25, -0.2) is 0 Å². The Morgan fingerprint density at radius 1 is 1.19 bits per heavy atom. The molecule has 3 saturated heterocycles. The maximum Gasteiger partial charge on any atom is 0.259 e. The molecule has 90 valence electrons. The van der Waals surface area contributed by atoms with Crippen LogP contribution in [0.1, 0.15) is 33.6 Å². The van der Waals surface area contributed by atoms with Crippen molar-refractivity contribution in [2.75, 3.05) is 13.2 Å². The van der Waals surface area contributed by atoms with Crippen molar-refractivity contribution in [3.05, 3.63) is 0 Å². The summed E-state index contributed by atoms with van der Waals surface area (Å²) in [6.07, 6.45) is 1.70. The molecule has 3 heterocycles. The largest absolute Gasteiger partial charge is 0.363 e. The van der Waals surface area contributed by atoms with E-state index in [2.05, 4.69) is 0 Å². The second-order valence-corrected chi connectivity index (χ2v) is 5.71. The van der Waals surface area contributed by atoms with E-state index in [0.717, 1.165) is 12.8 Å². The van der Waals surface area contributed by atoms with Gasteiger partial charge in [-0.3, -0.25) is 4.79 Å². The van der Waals surface area contributed by atoms with Gasteiger partial charge >= 0.3 is 0 Å². The molecule has 1 saturated carbocycles. The van der Waals surface area contributed by atoms with Gasteiger partial charge in [-0.1, -0.05) is 0 Å². The Hall–Kier alpha value is -0.450. The van der Waals surface area contributed by atoms with Crippen LogP contribution in [-0.2, 0) is 19.0 Å². The SMILES string of the molecule is CC1(C)OC2(C)CCC1C(=O)C21OCCO1. The smallest absolute Gasteiger partial charge is 0.259 e. The number of carbonyl (C=O) groups excluding carboxylic acids is 1. The fourth-order valence-electron chi connectivity index (χ4n) is 3.50. The van der Waals surface area contributed by atoms with Gasteiger partial charge in [0.15, 0.2) is 0 Å². The van der Waals surface area contributed by atoms with E-state index in [-0.39, 0.29) is 11.7 Å². The number of rotatable bonds is 0. The van der Waals surface area contributed by atoms with E-state index in [1.54, 1.807) is 0 Å². The van der Waals surface area contributed by atoms with E-state index in [1.807, 2.05) is 20.8 Å². The van der Waals surface area contributed by atoms with Crippen LogP contribution in [0.2, 0.25) is 0 Å². The van der Waals surface area contributed by atoms with Crippen LogP contribution in [0.5, 0.6) is 0 Å². The van der Waals surface area contributed by atoms with Gasteiger partial charge in [0.1, 0.15) is 5.60 Å². The molecule has 2 atom stereocenters. The highest BCUT2D eigenvalue weighted by Gasteiger charge is 2.71. The minimum atomic E-state index is -1.12. The molecule has 4 rings (SSSR count). The van der Waals surface area contributed by atoms with Gasteiger partial charge in [0, 0.05) is 0 Å². The molecule has 1 aliphatic carbocycles. The van der Waals surface area contributed by atoms with Crippen LogP contribution in [0.4, 0.5) is 0 Å². The Morgan fingerprint density at radius 3 is 2.31 bits per heavy atom.